The lowest BCUT2D eigenvalue weighted by atomic mass is 10.1. The number of hydrogen-bond acceptors (Lipinski definition) is 8. The zero-order valence-corrected chi connectivity index (χ0v) is 19.1. The maximum absolute atomic E-state index is 14.7. The van der Waals surface area contributed by atoms with Crippen LogP contribution in [0.25, 0.3) is 27.7 Å². The first-order chi connectivity index (χ1) is 17.3. The SMILES string of the molecule is COc1nc(N[C@@H]2CN(C3COC3)CC2(F)F)nn2ccc(-c3ccc4nnn(CC(F)F)c4c3)c12. The van der Waals surface area contributed by atoms with Crippen LogP contribution in [0.5, 0.6) is 5.88 Å². The summed E-state index contributed by atoms with van der Waals surface area (Å²) < 4.78 is 68.5. The first-order valence-corrected chi connectivity index (χ1v) is 11.3. The molecule has 14 heteroatoms. The molecule has 1 aromatic carbocycles. The van der Waals surface area contributed by atoms with E-state index in [9.17, 15) is 17.6 Å². The number of benzene rings is 1. The fourth-order valence-electron chi connectivity index (χ4n) is 4.66. The molecule has 2 saturated heterocycles. The van der Waals surface area contributed by atoms with Crippen molar-refractivity contribution < 1.29 is 27.0 Å². The highest BCUT2D eigenvalue weighted by atomic mass is 19.3. The number of likely N-dealkylation sites (tertiary alicyclic amines) is 1. The van der Waals surface area contributed by atoms with Gasteiger partial charge < -0.3 is 14.8 Å². The summed E-state index contributed by atoms with van der Waals surface area (Å²) in [5, 5.41) is 14.9. The van der Waals surface area contributed by atoms with E-state index in [4.69, 9.17) is 9.47 Å². The average Bonchev–Trinajstić information content (AvgIpc) is 3.47. The van der Waals surface area contributed by atoms with Crippen molar-refractivity contribution in [2.75, 3.05) is 38.7 Å². The molecule has 2 aliphatic heterocycles. The lowest BCUT2D eigenvalue weighted by Crippen LogP contribution is -2.48. The van der Waals surface area contributed by atoms with E-state index in [0.717, 1.165) is 4.68 Å². The van der Waals surface area contributed by atoms with Crippen LogP contribution in [0.1, 0.15) is 0 Å². The molecule has 6 rings (SSSR count). The van der Waals surface area contributed by atoms with Crippen molar-refractivity contribution in [2.24, 2.45) is 0 Å². The number of aromatic nitrogens is 6. The van der Waals surface area contributed by atoms with E-state index in [1.54, 1.807) is 35.4 Å². The number of ether oxygens (including phenoxy) is 2. The van der Waals surface area contributed by atoms with Gasteiger partial charge in [0.15, 0.2) is 0 Å². The van der Waals surface area contributed by atoms with Gasteiger partial charge in [0, 0.05) is 18.3 Å². The summed E-state index contributed by atoms with van der Waals surface area (Å²) in [4.78, 5) is 6.07. The van der Waals surface area contributed by atoms with Crippen LogP contribution in [0.3, 0.4) is 0 Å². The summed E-state index contributed by atoms with van der Waals surface area (Å²) in [5.41, 5.74) is 2.80. The summed E-state index contributed by atoms with van der Waals surface area (Å²) in [7, 11) is 1.43. The Morgan fingerprint density at radius 3 is 2.81 bits per heavy atom. The Labute approximate surface area is 201 Å². The second-order valence-electron chi connectivity index (χ2n) is 8.91. The predicted molar refractivity (Wildman–Crippen MR) is 121 cm³/mol. The number of hydrogen-bond donors (Lipinski definition) is 1. The van der Waals surface area contributed by atoms with E-state index in [2.05, 4.69) is 25.7 Å². The second-order valence-corrected chi connectivity index (χ2v) is 8.91. The van der Waals surface area contributed by atoms with E-state index in [1.807, 2.05) is 0 Å². The molecule has 0 bridgehead atoms. The number of methoxy groups -OCH3 is 1. The minimum Gasteiger partial charge on any atom is -0.479 e. The molecule has 2 aliphatic rings. The zero-order valence-electron chi connectivity index (χ0n) is 19.1. The maximum Gasteiger partial charge on any atom is 0.281 e. The van der Waals surface area contributed by atoms with Crippen molar-refractivity contribution in [3.05, 3.63) is 30.5 Å². The van der Waals surface area contributed by atoms with Crippen LogP contribution in [-0.4, -0.2) is 92.3 Å². The van der Waals surface area contributed by atoms with Gasteiger partial charge in [-0.3, -0.25) is 4.90 Å². The number of nitrogens with one attached hydrogen (secondary N) is 1. The Balaban J connectivity index is 1.33. The molecule has 36 heavy (non-hydrogen) atoms. The number of halogens is 4. The molecule has 190 valence electrons. The molecular formula is C22H22F4N8O2. The first-order valence-electron chi connectivity index (χ1n) is 11.3. The first kappa shape index (κ1) is 22.9. The summed E-state index contributed by atoms with van der Waals surface area (Å²) >= 11 is 0. The number of rotatable bonds is 7. The fourth-order valence-corrected chi connectivity index (χ4v) is 4.66. The summed E-state index contributed by atoms with van der Waals surface area (Å²) in [6.45, 7) is 0.119. The molecule has 0 amide bonds. The highest BCUT2D eigenvalue weighted by molar-refractivity contribution is 5.89. The normalized spacial score (nSPS) is 20.4. The van der Waals surface area contributed by atoms with Crippen LogP contribution in [0.15, 0.2) is 30.5 Å². The molecule has 3 aromatic heterocycles. The number of nitrogens with zero attached hydrogens (tertiary/aromatic N) is 7. The molecule has 1 atom stereocenters. The van der Waals surface area contributed by atoms with Crippen molar-refractivity contribution in [3.8, 4) is 17.0 Å². The van der Waals surface area contributed by atoms with E-state index in [0.29, 0.717) is 40.9 Å². The number of anilines is 1. The van der Waals surface area contributed by atoms with Gasteiger partial charge in [0.1, 0.15) is 23.6 Å². The van der Waals surface area contributed by atoms with Gasteiger partial charge in [0.25, 0.3) is 12.3 Å². The summed E-state index contributed by atoms with van der Waals surface area (Å²) in [5.74, 6) is -2.78. The van der Waals surface area contributed by atoms with E-state index in [1.165, 1.54) is 11.6 Å². The van der Waals surface area contributed by atoms with Crippen molar-refractivity contribution >= 4 is 22.5 Å². The van der Waals surface area contributed by atoms with Gasteiger partial charge in [0.2, 0.25) is 11.8 Å². The predicted octanol–water partition coefficient (Wildman–Crippen LogP) is 2.54. The lowest BCUT2D eigenvalue weighted by molar-refractivity contribution is -0.0711. The average molecular weight is 506 g/mol. The third-order valence-electron chi connectivity index (χ3n) is 6.59. The lowest BCUT2D eigenvalue weighted by Gasteiger charge is -2.34. The highest BCUT2D eigenvalue weighted by Crippen LogP contribution is 2.35. The third kappa shape index (κ3) is 3.89. The largest absolute Gasteiger partial charge is 0.479 e. The van der Waals surface area contributed by atoms with Gasteiger partial charge in [-0.05, 0) is 23.8 Å². The summed E-state index contributed by atoms with van der Waals surface area (Å²) in [6, 6.07) is 5.77. The van der Waals surface area contributed by atoms with Gasteiger partial charge in [0.05, 0.1) is 38.4 Å². The van der Waals surface area contributed by atoms with Gasteiger partial charge in [-0.2, -0.15) is 4.98 Å². The molecule has 0 aliphatic carbocycles. The van der Waals surface area contributed by atoms with Crippen molar-refractivity contribution in [2.45, 2.75) is 31.0 Å². The smallest absolute Gasteiger partial charge is 0.281 e. The van der Waals surface area contributed by atoms with Crippen molar-refractivity contribution in [3.63, 3.8) is 0 Å². The van der Waals surface area contributed by atoms with Crippen LogP contribution < -0.4 is 10.1 Å². The zero-order chi connectivity index (χ0) is 25.0. The Morgan fingerprint density at radius 1 is 1.25 bits per heavy atom. The van der Waals surface area contributed by atoms with E-state index in [-0.39, 0.29) is 31.0 Å². The van der Waals surface area contributed by atoms with Gasteiger partial charge in [-0.1, -0.05) is 11.3 Å². The molecular weight excluding hydrogens is 484 g/mol. The number of fused-ring (bicyclic) bond motifs is 2. The third-order valence-corrected chi connectivity index (χ3v) is 6.59. The standard InChI is InChI=1S/C22H22F4N8O2/c1-35-20-19-14(12-2-3-15-16(6-12)34(31-29-15)8-18(23)24)4-5-33(19)30-21(28-20)27-17-7-32(11-22(17,25)26)13-9-36-10-13/h2-6,13,17-18H,7-11H2,1H3,(H,27,30)/t17-/m1/s1. The van der Waals surface area contributed by atoms with E-state index < -0.39 is 24.9 Å². The topological polar surface area (TPSA) is 94.6 Å². The molecule has 10 nitrogen and oxygen atoms in total. The molecule has 0 saturated carbocycles. The molecule has 5 heterocycles. The minimum atomic E-state index is -2.96. The quantitative estimate of drug-likeness (QED) is 0.383. The van der Waals surface area contributed by atoms with Crippen molar-refractivity contribution in [1.82, 2.24) is 34.5 Å². The monoisotopic (exact) mass is 506 g/mol. The van der Waals surface area contributed by atoms with Crippen LogP contribution >= 0.6 is 0 Å². The maximum atomic E-state index is 14.7. The molecule has 0 spiro atoms. The molecule has 4 aromatic rings. The fraction of sp³-hybridized carbons (Fsp3) is 0.455. The number of alkyl halides is 4. The second kappa shape index (κ2) is 8.55. The van der Waals surface area contributed by atoms with Crippen molar-refractivity contribution in [1.29, 1.82) is 0 Å². The Bertz CT molecular complexity index is 1420. The molecule has 0 radical (unpaired) electrons. The van der Waals surface area contributed by atoms with Crippen LogP contribution in [0.4, 0.5) is 23.5 Å². The van der Waals surface area contributed by atoms with E-state index >= 15 is 0 Å². The summed E-state index contributed by atoms with van der Waals surface area (Å²) in [6.07, 6.45) is -0.918. The van der Waals surface area contributed by atoms with Crippen LogP contribution in [0, 0.1) is 0 Å². The Kier molecular flexibility index (Phi) is 5.44. The van der Waals surface area contributed by atoms with Gasteiger partial charge >= 0.3 is 0 Å². The van der Waals surface area contributed by atoms with Crippen LogP contribution in [0.2, 0.25) is 0 Å². The Hall–Kier alpha value is -3.52. The highest BCUT2D eigenvalue weighted by Gasteiger charge is 2.51. The Morgan fingerprint density at radius 2 is 2.08 bits per heavy atom. The van der Waals surface area contributed by atoms with Gasteiger partial charge in [-0.25, -0.2) is 26.8 Å². The molecule has 1 N–H and O–H groups in total. The molecule has 2 fully saturated rings. The molecule has 0 unspecified atom stereocenters. The van der Waals surface area contributed by atoms with Crippen LogP contribution in [-0.2, 0) is 11.3 Å². The minimum absolute atomic E-state index is 0.00263. The van der Waals surface area contributed by atoms with Gasteiger partial charge in [-0.15, -0.1) is 10.2 Å².